The number of hydrogen-bond acceptors (Lipinski definition) is 2. The molecule has 0 unspecified atom stereocenters. The number of nitrogens with one attached hydrogen (secondary N) is 1. The molecule has 0 heterocycles. The summed E-state index contributed by atoms with van der Waals surface area (Å²) >= 11 is 4.32. The van der Waals surface area contributed by atoms with E-state index in [0.717, 1.165) is 6.42 Å². The number of thiol groups is 1. The quantitative estimate of drug-likeness (QED) is 0.804. The van der Waals surface area contributed by atoms with Crippen LogP contribution in [0.15, 0.2) is 60.7 Å². The summed E-state index contributed by atoms with van der Waals surface area (Å²) in [5.74, 6) is 0.573. The van der Waals surface area contributed by atoms with Crippen molar-refractivity contribution in [2.45, 2.75) is 12.5 Å². The van der Waals surface area contributed by atoms with Crippen LogP contribution in [0.4, 0.5) is 0 Å². The van der Waals surface area contributed by atoms with E-state index in [1.165, 1.54) is 5.56 Å². The first-order valence-electron chi connectivity index (χ1n) is 6.30. The Hall–Kier alpha value is -1.74. The Labute approximate surface area is 119 Å². The third kappa shape index (κ3) is 4.14. The van der Waals surface area contributed by atoms with Gasteiger partial charge in [-0.3, -0.25) is 4.79 Å². The first-order valence-corrected chi connectivity index (χ1v) is 6.93. The van der Waals surface area contributed by atoms with Crippen LogP contribution in [0.3, 0.4) is 0 Å². The van der Waals surface area contributed by atoms with E-state index in [-0.39, 0.29) is 11.9 Å². The van der Waals surface area contributed by atoms with Gasteiger partial charge in [-0.2, -0.15) is 12.6 Å². The largest absolute Gasteiger partial charge is 0.348 e. The Morgan fingerprint density at radius 3 is 2.16 bits per heavy atom. The van der Waals surface area contributed by atoms with Crippen molar-refractivity contribution in [1.82, 2.24) is 5.32 Å². The second-order valence-electron chi connectivity index (χ2n) is 4.41. The molecule has 1 atom stereocenters. The normalized spacial score (nSPS) is 11.8. The van der Waals surface area contributed by atoms with Crippen molar-refractivity contribution < 1.29 is 4.79 Å². The van der Waals surface area contributed by atoms with Crippen molar-refractivity contribution in [2.24, 2.45) is 0 Å². The lowest BCUT2D eigenvalue weighted by atomic mass is 10.1. The van der Waals surface area contributed by atoms with E-state index in [0.29, 0.717) is 11.3 Å². The monoisotopic (exact) mass is 271 g/mol. The summed E-state index contributed by atoms with van der Waals surface area (Å²) < 4.78 is 0. The Bertz CT molecular complexity index is 513. The van der Waals surface area contributed by atoms with Gasteiger partial charge in [0.25, 0.3) is 5.91 Å². The number of hydrogen-bond donors (Lipinski definition) is 2. The molecular weight excluding hydrogens is 254 g/mol. The van der Waals surface area contributed by atoms with Gasteiger partial charge in [0.2, 0.25) is 0 Å². The van der Waals surface area contributed by atoms with Gasteiger partial charge in [-0.25, -0.2) is 0 Å². The zero-order valence-corrected chi connectivity index (χ0v) is 11.5. The highest BCUT2D eigenvalue weighted by atomic mass is 32.1. The average Bonchev–Trinajstić information content (AvgIpc) is 2.48. The zero-order valence-electron chi connectivity index (χ0n) is 10.6. The second-order valence-corrected chi connectivity index (χ2v) is 4.77. The number of carbonyl (C=O) groups is 1. The molecule has 3 heteroatoms. The molecule has 0 spiro atoms. The van der Waals surface area contributed by atoms with E-state index in [9.17, 15) is 4.79 Å². The van der Waals surface area contributed by atoms with Crippen LogP contribution in [-0.4, -0.2) is 17.7 Å². The predicted molar refractivity (Wildman–Crippen MR) is 81.7 cm³/mol. The summed E-state index contributed by atoms with van der Waals surface area (Å²) in [5, 5.41) is 3.02. The first kappa shape index (κ1) is 13.7. The highest BCUT2D eigenvalue weighted by Gasteiger charge is 2.12. The minimum atomic E-state index is -0.0458. The van der Waals surface area contributed by atoms with Crippen LogP contribution in [0.25, 0.3) is 0 Å². The zero-order chi connectivity index (χ0) is 13.5. The molecule has 2 rings (SSSR count). The van der Waals surface area contributed by atoms with Crippen LogP contribution >= 0.6 is 12.6 Å². The maximum absolute atomic E-state index is 12.1. The molecular formula is C16H17NOS. The molecule has 2 aromatic rings. The minimum absolute atomic E-state index is 0.0402. The maximum Gasteiger partial charge on any atom is 0.251 e. The van der Waals surface area contributed by atoms with E-state index in [2.05, 4.69) is 30.1 Å². The SMILES string of the molecule is O=C(N[C@H](CS)Cc1ccccc1)c1ccccc1. The van der Waals surface area contributed by atoms with Crippen molar-refractivity contribution >= 4 is 18.5 Å². The van der Waals surface area contributed by atoms with Gasteiger partial charge in [0.1, 0.15) is 0 Å². The molecule has 0 saturated heterocycles. The van der Waals surface area contributed by atoms with Gasteiger partial charge < -0.3 is 5.32 Å². The third-order valence-electron chi connectivity index (χ3n) is 2.92. The van der Waals surface area contributed by atoms with Crippen molar-refractivity contribution in [3.8, 4) is 0 Å². The molecule has 0 aliphatic rings. The van der Waals surface area contributed by atoms with Crippen molar-refractivity contribution in [1.29, 1.82) is 0 Å². The average molecular weight is 271 g/mol. The predicted octanol–water partition coefficient (Wildman–Crippen LogP) is 2.96. The maximum atomic E-state index is 12.1. The Morgan fingerprint density at radius 1 is 1.00 bits per heavy atom. The molecule has 0 aliphatic heterocycles. The van der Waals surface area contributed by atoms with Crippen LogP contribution in [0, 0.1) is 0 Å². The van der Waals surface area contributed by atoms with E-state index in [1.54, 1.807) is 0 Å². The lowest BCUT2D eigenvalue weighted by Crippen LogP contribution is -2.37. The van der Waals surface area contributed by atoms with Gasteiger partial charge >= 0.3 is 0 Å². The summed E-state index contributed by atoms with van der Waals surface area (Å²) in [5.41, 5.74) is 1.89. The van der Waals surface area contributed by atoms with Crippen LogP contribution < -0.4 is 5.32 Å². The van der Waals surface area contributed by atoms with Crippen molar-refractivity contribution in [2.75, 3.05) is 5.75 Å². The molecule has 98 valence electrons. The van der Waals surface area contributed by atoms with Gasteiger partial charge in [-0.05, 0) is 24.1 Å². The topological polar surface area (TPSA) is 29.1 Å². The minimum Gasteiger partial charge on any atom is -0.348 e. The fraction of sp³-hybridized carbons (Fsp3) is 0.188. The number of amides is 1. The van der Waals surface area contributed by atoms with Gasteiger partial charge in [0.05, 0.1) is 0 Å². The molecule has 19 heavy (non-hydrogen) atoms. The second kappa shape index (κ2) is 7.00. The molecule has 0 fully saturated rings. The van der Waals surface area contributed by atoms with Crippen LogP contribution in [-0.2, 0) is 6.42 Å². The molecule has 1 N–H and O–H groups in total. The molecule has 1 amide bonds. The van der Waals surface area contributed by atoms with E-state index < -0.39 is 0 Å². The number of rotatable bonds is 5. The lowest BCUT2D eigenvalue weighted by molar-refractivity contribution is 0.0941. The van der Waals surface area contributed by atoms with Gasteiger partial charge in [-0.15, -0.1) is 0 Å². The van der Waals surface area contributed by atoms with Crippen LogP contribution in [0.5, 0.6) is 0 Å². The fourth-order valence-corrected chi connectivity index (χ4v) is 2.14. The molecule has 2 nitrogen and oxygen atoms in total. The van der Waals surface area contributed by atoms with Crippen molar-refractivity contribution in [3.05, 3.63) is 71.8 Å². The highest BCUT2D eigenvalue weighted by Crippen LogP contribution is 2.06. The first-order chi connectivity index (χ1) is 9.29. The summed E-state index contributed by atoms with van der Waals surface area (Å²) in [4.78, 5) is 12.1. The Kier molecular flexibility index (Phi) is 5.04. The third-order valence-corrected chi connectivity index (χ3v) is 3.36. The van der Waals surface area contributed by atoms with Crippen LogP contribution in [0.2, 0.25) is 0 Å². The molecule has 0 aliphatic carbocycles. The number of carbonyl (C=O) groups excluding carboxylic acids is 1. The Morgan fingerprint density at radius 2 is 1.58 bits per heavy atom. The van der Waals surface area contributed by atoms with E-state index in [4.69, 9.17) is 0 Å². The smallest absolute Gasteiger partial charge is 0.251 e. The van der Waals surface area contributed by atoms with Gasteiger partial charge in [0.15, 0.2) is 0 Å². The molecule has 0 saturated carbocycles. The summed E-state index contributed by atoms with van der Waals surface area (Å²) in [7, 11) is 0. The Balaban J connectivity index is 1.98. The van der Waals surface area contributed by atoms with Gasteiger partial charge in [0, 0.05) is 17.4 Å². The summed E-state index contributed by atoms with van der Waals surface area (Å²) in [6.07, 6.45) is 0.795. The molecule has 2 aromatic carbocycles. The summed E-state index contributed by atoms with van der Waals surface area (Å²) in [6.45, 7) is 0. The summed E-state index contributed by atoms with van der Waals surface area (Å²) in [6, 6.07) is 19.4. The molecule has 0 radical (unpaired) electrons. The standard InChI is InChI=1S/C16H17NOS/c18-16(14-9-5-2-6-10-14)17-15(12-19)11-13-7-3-1-4-8-13/h1-10,15,19H,11-12H2,(H,17,18)/t15-/m0/s1. The molecule has 0 bridgehead atoms. The fourth-order valence-electron chi connectivity index (χ4n) is 1.92. The van der Waals surface area contributed by atoms with E-state index >= 15 is 0 Å². The van der Waals surface area contributed by atoms with Gasteiger partial charge in [-0.1, -0.05) is 48.5 Å². The highest BCUT2D eigenvalue weighted by molar-refractivity contribution is 7.80. The lowest BCUT2D eigenvalue weighted by Gasteiger charge is -2.16. The number of benzene rings is 2. The molecule has 0 aromatic heterocycles. The van der Waals surface area contributed by atoms with E-state index in [1.807, 2.05) is 48.5 Å². The van der Waals surface area contributed by atoms with Crippen LogP contribution in [0.1, 0.15) is 15.9 Å². The van der Waals surface area contributed by atoms with Crippen molar-refractivity contribution in [3.63, 3.8) is 0 Å².